The molecule has 0 radical (unpaired) electrons. The Hall–Kier alpha value is -0.130. The van der Waals surface area contributed by atoms with Crippen molar-refractivity contribution < 1.29 is 8.42 Å². The summed E-state index contributed by atoms with van der Waals surface area (Å²) in [5, 5.41) is 3.36. The van der Waals surface area contributed by atoms with Crippen LogP contribution in [0.15, 0.2) is 0 Å². The highest BCUT2D eigenvalue weighted by Crippen LogP contribution is 2.47. The summed E-state index contributed by atoms with van der Waals surface area (Å²) in [5.41, 5.74) is 0. The monoisotopic (exact) mass is 286 g/mol. The summed E-state index contributed by atoms with van der Waals surface area (Å²) in [5.74, 6) is 2.57. The number of nitrogens with one attached hydrogen (secondary N) is 2. The highest BCUT2D eigenvalue weighted by atomic mass is 32.2. The van der Waals surface area contributed by atoms with Crippen molar-refractivity contribution in [2.24, 2.45) is 17.8 Å². The Bertz CT molecular complexity index is 406. The van der Waals surface area contributed by atoms with Gasteiger partial charge in [-0.15, -0.1) is 0 Å². The van der Waals surface area contributed by atoms with Crippen molar-refractivity contribution >= 4 is 10.0 Å². The minimum Gasteiger partial charge on any atom is -0.314 e. The Morgan fingerprint density at radius 3 is 2.53 bits per heavy atom. The zero-order valence-electron chi connectivity index (χ0n) is 11.6. The Labute approximate surface area is 116 Å². The summed E-state index contributed by atoms with van der Waals surface area (Å²) in [4.78, 5) is 0. The first-order valence-corrected chi connectivity index (χ1v) is 9.48. The average molecular weight is 286 g/mol. The van der Waals surface area contributed by atoms with E-state index in [9.17, 15) is 8.42 Å². The predicted molar refractivity (Wildman–Crippen MR) is 76.4 cm³/mol. The molecule has 0 amide bonds. The standard InChI is InChI=1S/C14H26N2O2S/c17-19(18,7-1-6-15-14-4-5-14)16-10-13-9-11-2-3-12(13)8-11/h11-16H,1-10H2. The fourth-order valence-corrected chi connectivity index (χ4v) is 4.93. The molecule has 3 saturated carbocycles. The van der Waals surface area contributed by atoms with Gasteiger partial charge in [-0.1, -0.05) is 6.42 Å². The molecular weight excluding hydrogens is 260 g/mol. The molecule has 19 heavy (non-hydrogen) atoms. The maximum absolute atomic E-state index is 11.9. The maximum Gasteiger partial charge on any atom is 0.211 e. The van der Waals surface area contributed by atoms with Crippen molar-refractivity contribution in [3.63, 3.8) is 0 Å². The smallest absolute Gasteiger partial charge is 0.211 e. The molecule has 0 spiro atoms. The molecule has 5 heteroatoms. The maximum atomic E-state index is 11.9. The van der Waals surface area contributed by atoms with E-state index < -0.39 is 10.0 Å². The molecule has 0 aromatic heterocycles. The van der Waals surface area contributed by atoms with Crippen molar-refractivity contribution in [1.82, 2.24) is 10.0 Å². The first kappa shape index (κ1) is 13.8. The van der Waals surface area contributed by atoms with Crippen LogP contribution >= 0.6 is 0 Å². The SMILES string of the molecule is O=S(=O)(CCCNC1CC1)NCC1CC2CCC1C2. The molecule has 3 fully saturated rings. The fourth-order valence-electron chi connectivity index (χ4n) is 3.79. The van der Waals surface area contributed by atoms with E-state index in [4.69, 9.17) is 0 Å². The van der Waals surface area contributed by atoms with Gasteiger partial charge in [0.25, 0.3) is 0 Å². The van der Waals surface area contributed by atoms with E-state index in [1.807, 2.05) is 0 Å². The zero-order valence-corrected chi connectivity index (χ0v) is 12.4. The molecule has 0 aromatic rings. The molecule has 2 N–H and O–H groups in total. The lowest BCUT2D eigenvalue weighted by molar-refractivity contribution is 0.332. The molecule has 0 heterocycles. The molecule has 2 bridgehead atoms. The van der Waals surface area contributed by atoms with Gasteiger partial charge in [-0.3, -0.25) is 0 Å². The molecule has 0 aromatic carbocycles. The molecule has 3 rings (SSSR count). The van der Waals surface area contributed by atoms with Crippen molar-refractivity contribution in [2.75, 3.05) is 18.8 Å². The number of hydrogen-bond acceptors (Lipinski definition) is 3. The van der Waals surface area contributed by atoms with Gasteiger partial charge in [0.1, 0.15) is 0 Å². The van der Waals surface area contributed by atoms with Gasteiger partial charge < -0.3 is 5.32 Å². The third-order valence-corrected chi connectivity index (χ3v) is 6.48. The number of sulfonamides is 1. The van der Waals surface area contributed by atoms with Crippen LogP contribution < -0.4 is 10.0 Å². The topological polar surface area (TPSA) is 58.2 Å². The van der Waals surface area contributed by atoms with Crippen LogP contribution in [-0.2, 0) is 10.0 Å². The van der Waals surface area contributed by atoms with Crippen LogP contribution in [0.5, 0.6) is 0 Å². The third kappa shape index (κ3) is 3.92. The molecule has 3 aliphatic rings. The second-order valence-corrected chi connectivity index (χ2v) is 8.61. The number of fused-ring (bicyclic) bond motifs is 2. The summed E-state index contributed by atoms with van der Waals surface area (Å²) in [7, 11) is -3.05. The van der Waals surface area contributed by atoms with Crippen LogP contribution in [-0.4, -0.2) is 33.3 Å². The normalized spacial score (nSPS) is 34.0. The minimum absolute atomic E-state index is 0.271. The predicted octanol–water partition coefficient (Wildman–Crippen LogP) is 1.48. The van der Waals surface area contributed by atoms with Crippen LogP contribution in [0.3, 0.4) is 0 Å². The van der Waals surface area contributed by atoms with Crippen molar-refractivity contribution in [3.05, 3.63) is 0 Å². The number of rotatable bonds is 8. The van der Waals surface area contributed by atoms with Gasteiger partial charge in [0.2, 0.25) is 10.0 Å². The van der Waals surface area contributed by atoms with E-state index in [0.29, 0.717) is 18.5 Å². The summed E-state index contributed by atoms with van der Waals surface area (Å²) < 4.78 is 26.7. The molecule has 4 nitrogen and oxygen atoms in total. The largest absolute Gasteiger partial charge is 0.314 e. The molecule has 0 aliphatic heterocycles. The van der Waals surface area contributed by atoms with Crippen molar-refractivity contribution in [2.45, 2.75) is 51.0 Å². The van der Waals surface area contributed by atoms with Crippen molar-refractivity contribution in [1.29, 1.82) is 0 Å². The summed E-state index contributed by atoms with van der Waals surface area (Å²) in [6.45, 7) is 1.51. The summed E-state index contributed by atoms with van der Waals surface area (Å²) in [6.07, 6.45) is 8.53. The molecule has 3 unspecified atom stereocenters. The van der Waals surface area contributed by atoms with Gasteiger partial charge in [0.05, 0.1) is 5.75 Å². The van der Waals surface area contributed by atoms with E-state index in [-0.39, 0.29) is 5.75 Å². The third-order valence-electron chi connectivity index (χ3n) is 5.05. The van der Waals surface area contributed by atoms with Crippen LogP contribution in [0.25, 0.3) is 0 Å². The second kappa shape index (κ2) is 5.70. The van der Waals surface area contributed by atoms with E-state index in [1.54, 1.807) is 0 Å². The van der Waals surface area contributed by atoms with Crippen LogP contribution in [0.4, 0.5) is 0 Å². The zero-order chi connectivity index (χ0) is 13.3. The van der Waals surface area contributed by atoms with Crippen LogP contribution in [0.2, 0.25) is 0 Å². The molecule has 110 valence electrons. The van der Waals surface area contributed by atoms with E-state index in [0.717, 1.165) is 24.8 Å². The van der Waals surface area contributed by atoms with Gasteiger partial charge in [-0.25, -0.2) is 13.1 Å². The minimum atomic E-state index is -3.05. The summed E-state index contributed by atoms with van der Waals surface area (Å²) >= 11 is 0. The molecule has 0 saturated heterocycles. The van der Waals surface area contributed by atoms with E-state index >= 15 is 0 Å². The first-order valence-electron chi connectivity index (χ1n) is 7.83. The van der Waals surface area contributed by atoms with Crippen molar-refractivity contribution in [3.8, 4) is 0 Å². The lowest BCUT2D eigenvalue weighted by atomic mass is 9.89. The highest BCUT2D eigenvalue weighted by Gasteiger charge is 2.39. The fraction of sp³-hybridized carbons (Fsp3) is 1.00. The van der Waals surface area contributed by atoms with Gasteiger partial charge >= 0.3 is 0 Å². The molecule has 3 atom stereocenters. The molecule has 3 aliphatic carbocycles. The Morgan fingerprint density at radius 2 is 1.89 bits per heavy atom. The Kier molecular flexibility index (Phi) is 4.15. The van der Waals surface area contributed by atoms with Gasteiger partial charge in [0, 0.05) is 12.6 Å². The second-order valence-electron chi connectivity index (χ2n) is 6.68. The summed E-state index contributed by atoms with van der Waals surface area (Å²) in [6, 6.07) is 0.671. The van der Waals surface area contributed by atoms with Gasteiger partial charge in [-0.2, -0.15) is 0 Å². The Morgan fingerprint density at radius 1 is 1.05 bits per heavy atom. The van der Waals surface area contributed by atoms with Gasteiger partial charge in [-0.05, 0) is 62.8 Å². The lowest BCUT2D eigenvalue weighted by Gasteiger charge is -2.21. The van der Waals surface area contributed by atoms with E-state index in [1.165, 1.54) is 38.5 Å². The van der Waals surface area contributed by atoms with E-state index in [2.05, 4.69) is 10.0 Å². The average Bonchev–Trinajstić information content (AvgIpc) is 2.97. The van der Waals surface area contributed by atoms with Crippen LogP contribution in [0, 0.1) is 17.8 Å². The highest BCUT2D eigenvalue weighted by molar-refractivity contribution is 7.89. The van der Waals surface area contributed by atoms with Gasteiger partial charge in [0.15, 0.2) is 0 Å². The lowest BCUT2D eigenvalue weighted by Crippen LogP contribution is -2.34. The molecular formula is C14H26N2O2S. The number of hydrogen-bond donors (Lipinski definition) is 2. The quantitative estimate of drug-likeness (QED) is 0.665. The first-order chi connectivity index (χ1) is 9.12. The van der Waals surface area contributed by atoms with Crippen LogP contribution in [0.1, 0.15) is 44.9 Å². The Balaban J connectivity index is 1.33.